The summed E-state index contributed by atoms with van der Waals surface area (Å²) in [5.41, 5.74) is 6.60. The summed E-state index contributed by atoms with van der Waals surface area (Å²) < 4.78 is 23.4. The molecule has 1 heterocycles. The van der Waals surface area contributed by atoms with Gasteiger partial charge in [0.05, 0.1) is 10.9 Å². The minimum atomic E-state index is -3.15. The molecule has 0 saturated carbocycles. The van der Waals surface area contributed by atoms with E-state index in [4.69, 9.17) is 0 Å². The smallest absolute Gasteiger partial charge is 0.175 e. The highest BCUT2D eigenvalue weighted by atomic mass is 32.2. The largest absolute Gasteiger partial charge is 0.369 e. The Morgan fingerprint density at radius 1 is 0.724 bits per heavy atom. The van der Waals surface area contributed by atoms with E-state index in [9.17, 15) is 8.42 Å². The molecule has 0 amide bonds. The van der Waals surface area contributed by atoms with E-state index in [0.717, 1.165) is 31.9 Å². The molecule has 4 nitrogen and oxygen atoms in total. The molecule has 0 unspecified atom stereocenters. The maximum absolute atomic E-state index is 11.7. The zero-order valence-corrected chi connectivity index (χ0v) is 17.3. The van der Waals surface area contributed by atoms with Crippen molar-refractivity contribution in [1.29, 1.82) is 0 Å². The SMILES string of the molecule is CS(=O)(=O)c1ccc(N2CCN(C3c4ccccc4-c4ccccc43)CC2)cc1. The van der Waals surface area contributed by atoms with Crippen molar-refractivity contribution in [2.45, 2.75) is 10.9 Å². The molecule has 0 N–H and O–H groups in total. The number of nitrogens with zero attached hydrogens (tertiary/aromatic N) is 2. The zero-order chi connectivity index (χ0) is 20.0. The third-order valence-electron chi connectivity index (χ3n) is 6.11. The third-order valence-corrected chi connectivity index (χ3v) is 7.24. The van der Waals surface area contributed by atoms with Crippen LogP contribution in [0.1, 0.15) is 17.2 Å². The number of sulfone groups is 1. The van der Waals surface area contributed by atoms with Crippen LogP contribution in [0.15, 0.2) is 77.7 Å². The van der Waals surface area contributed by atoms with Crippen molar-refractivity contribution in [3.05, 3.63) is 83.9 Å². The highest BCUT2D eigenvalue weighted by Crippen LogP contribution is 2.46. The van der Waals surface area contributed by atoms with Gasteiger partial charge < -0.3 is 4.90 Å². The molecular formula is C24H24N2O2S. The van der Waals surface area contributed by atoms with Crippen LogP contribution in [0, 0.1) is 0 Å². The molecule has 0 radical (unpaired) electrons. The normalized spacial score (nSPS) is 17.2. The quantitative estimate of drug-likeness (QED) is 0.662. The first kappa shape index (κ1) is 18.4. The fourth-order valence-electron chi connectivity index (χ4n) is 4.66. The molecule has 3 aromatic rings. The highest BCUT2D eigenvalue weighted by molar-refractivity contribution is 7.90. The van der Waals surface area contributed by atoms with Crippen LogP contribution < -0.4 is 4.90 Å². The first-order valence-corrected chi connectivity index (χ1v) is 11.9. The van der Waals surface area contributed by atoms with Crippen molar-refractivity contribution >= 4 is 15.5 Å². The third kappa shape index (κ3) is 3.24. The van der Waals surface area contributed by atoms with Crippen molar-refractivity contribution in [2.75, 3.05) is 37.3 Å². The lowest BCUT2D eigenvalue weighted by atomic mass is 10.0. The lowest BCUT2D eigenvalue weighted by Gasteiger charge is -2.39. The summed E-state index contributed by atoms with van der Waals surface area (Å²) in [5, 5.41) is 0. The van der Waals surface area contributed by atoms with Gasteiger partial charge in [0.15, 0.2) is 9.84 Å². The standard InChI is InChI=1S/C24H24N2O2S/c1-29(27,28)19-12-10-18(11-13-19)25-14-16-26(17-15-25)24-22-8-4-2-6-20(22)21-7-3-5-9-23(21)24/h2-13,24H,14-17H2,1H3. The summed E-state index contributed by atoms with van der Waals surface area (Å²) in [6, 6.07) is 25.1. The topological polar surface area (TPSA) is 40.6 Å². The molecule has 5 heteroatoms. The average molecular weight is 405 g/mol. The van der Waals surface area contributed by atoms with E-state index in [1.54, 1.807) is 12.1 Å². The summed E-state index contributed by atoms with van der Waals surface area (Å²) in [7, 11) is -3.15. The molecule has 0 atom stereocenters. The van der Waals surface area contributed by atoms with Crippen LogP contribution in [-0.2, 0) is 9.84 Å². The number of piperazine rings is 1. The fraction of sp³-hybridized carbons (Fsp3) is 0.250. The van der Waals surface area contributed by atoms with E-state index in [2.05, 4.69) is 58.3 Å². The van der Waals surface area contributed by atoms with E-state index in [0.29, 0.717) is 10.9 Å². The number of fused-ring (bicyclic) bond motifs is 3. The highest BCUT2D eigenvalue weighted by Gasteiger charge is 2.34. The molecule has 2 aliphatic rings. The number of hydrogen-bond donors (Lipinski definition) is 0. The van der Waals surface area contributed by atoms with Crippen molar-refractivity contribution < 1.29 is 8.42 Å². The second-order valence-electron chi connectivity index (χ2n) is 7.87. The van der Waals surface area contributed by atoms with Crippen LogP contribution in [0.5, 0.6) is 0 Å². The number of anilines is 1. The summed E-state index contributed by atoms with van der Waals surface area (Å²) in [4.78, 5) is 5.29. The summed E-state index contributed by atoms with van der Waals surface area (Å²) in [5.74, 6) is 0. The Kier molecular flexibility index (Phi) is 4.45. The molecule has 1 fully saturated rings. The van der Waals surface area contributed by atoms with Gasteiger partial charge in [-0.15, -0.1) is 0 Å². The Bertz CT molecular complexity index is 1100. The van der Waals surface area contributed by atoms with E-state index in [-0.39, 0.29) is 0 Å². The van der Waals surface area contributed by atoms with Gasteiger partial charge in [-0.2, -0.15) is 0 Å². The van der Waals surface area contributed by atoms with Crippen molar-refractivity contribution in [2.24, 2.45) is 0 Å². The molecule has 1 saturated heterocycles. The summed E-state index contributed by atoms with van der Waals surface area (Å²) in [6.45, 7) is 3.81. The van der Waals surface area contributed by atoms with E-state index in [1.165, 1.54) is 28.5 Å². The predicted octanol–water partition coefficient (Wildman–Crippen LogP) is 3.98. The van der Waals surface area contributed by atoms with Crippen molar-refractivity contribution in [1.82, 2.24) is 4.90 Å². The van der Waals surface area contributed by atoms with Crippen LogP contribution in [0.2, 0.25) is 0 Å². The molecule has 0 aromatic heterocycles. The minimum absolute atomic E-state index is 0.317. The molecule has 1 aliphatic carbocycles. The van der Waals surface area contributed by atoms with Gasteiger partial charge >= 0.3 is 0 Å². The minimum Gasteiger partial charge on any atom is -0.369 e. The number of hydrogen-bond acceptors (Lipinski definition) is 4. The van der Waals surface area contributed by atoms with Gasteiger partial charge in [-0.1, -0.05) is 48.5 Å². The van der Waals surface area contributed by atoms with Crippen molar-refractivity contribution in [3.8, 4) is 11.1 Å². The van der Waals surface area contributed by atoms with E-state index in [1.807, 2.05) is 12.1 Å². The second kappa shape index (κ2) is 7.01. The van der Waals surface area contributed by atoms with Gasteiger partial charge in [-0.05, 0) is 46.5 Å². The summed E-state index contributed by atoms with van der Waals surface area (Å²) in [6.07, 6.45) is 1.25. The molecule has 148 valence electrons. The van der Waals surface area contributed by atoms with Gasteiger partial charge in [-0.25, -0.2) is 8.42 Å². The molecule has 3 aromatic carbocycles. The monoisotopic (exact) mass is 404 g/mol. The maximum atomic E-state index is 11.7. The Hall–Kier alpha value is -2.63. The van der Waals surface area contributed by atoms with Gasteiger partial charge in [0.1, 0.15) is 0 Å². The molecule has 5 rings (SSSR count). The fourth-order valence-corrected chi connectivity index (χ4v) is 5.30. The first-order chi connectivity index (χ1) is 14.0. The Morgan fingerprint density at radius 2 is 1.24 bits per heavy atom. The van der Waals surface area contributed by atoms with Crippen LogP contribution in [-0.4, -0.2) is 45.8 Å². The van der Waals surface area contributed by atoms with Gasteiger partial charge in [-0.3, -0.25) is 4.90 Å². The Labute approximate surface area is 172 Å². The van der Waals surface area contributed by atoms with Crippen molar-refractivity contribution in [3.63, 3.8) is 0 Å². The van der Waals surface area contributed by atoms with Crippen LogP contribution in [0.3, 0.4) is 0 Å². The lowest BCUT2D eigenvalue weighted by Crippen LogP contribution is -2.47. The molecule has 0 spiro atoms. The van der Waals surface area contributed by atoms with Crippen LogP contribution in [0.25, 0.3) is 11.1 Å². The molecule has 29 heavy (non-hydrogen) atoms. The first-order valence-electron chi connectivity index (χ1n) is 10.00. The van der Waals surface area contributed by atoms with Crippen LogP contribution in [0.4, 0.5) is 5.69 Å². The molecule has 1 aliphatic heterocycles. The summed E-state index contributed by atoms with van der Waals surface area (Å²) >= 11 is 0. The van der Waals surface area contributed by atoms with E-state index < -0.39 is 9.84 Å². The number of benzene rings is 3. The molecular weight excluding hydrogens is 380 g/mol. The Morgan fingerprint density at radius 3 is 1.76 bits per heavy atom. The van der Waals surface area contributed by atoms with Gasteiger partial charge in [0.2, 0.25) is 0 Å². The molecule has 0 bridgehead atoms. The second-order valence-corrected chi connectivity index (χ2v) is 9.88. The van der Waals surface area contributed by atoms with Crippen LogP contribution >= 0.6 is 0 Å². The zero-order valence-electron chi connectivity index (χ0n) is 16.5. The van der Waals surface area contributed by atoms with E-state index >= 15 is 0 Å². The predicted molar refractivity (Wildman–Crippen MR) is 117 cm³/mol. The maximum Gasteiger partial charge on any atom is 0.175 e. The van der Waals surface area contributed by atoms with Gasteiger partial charge in [0.25, 0.3) is 0 Å². The average Bonchev–Trinajstić information content (AvgIpc) is 3.08. The number of rotatable bonds is 3. The van der Waals surface area contributed by atoms with Gasteiger partial charge in [0, 0.05) is 38.1 Å². The lowest BCUT2D eigenvalue weighted by molar-refractivity contribution is 0.215. The Balaban J connectivity index is 1.36.